The van der Waals surface area contributed by atoms with Crippen LogP contribution in [0, 0.1) is 11.8 Å². The Morgan fingerprint density at radius 3 is 2.74 bits per heavy atom. The van der Waals surface area contributed by atoms with Crippen LogP contribution < -0.4 is 11.3 Å². The zero-order chi connectivity index (χ0) is 13.5. The summed E-state index contributed by atoms with van der Waals surface area (Å²) in [7, 11) is 0. The predicted molar refractivity (Wildman–Crippen MR) is 79.4 cm³/mol. The summed E-state index contributed by atoms with van der Waals surface area (Å²) >= 11 is 0. The number of ether oxygens (including phenoxy) is 1. The standard InChI is InChI=1S/C16H30N2O/c1-2-3-5-13-7-9-14(10-8-13)16(18-17)15-6-4-11-19-12-15/h12-14,16,18H,2-11,17H2,1H3. The summed E-state index contributed by atoms with van der Waals surface area (Å²) in [6.07, 6.45) is 13.8. The SMILES string of the molecule is CCCCC1CCC(C(NN)C2=COCCC2)CC1. The molecule has 0 aromatic carbocycles. The van der Waals surface area contributed by atoms with Crippen molar-refractivity contribution < 1.29 is 4.74 Å². The summed E-state index contributed by atoms with van der Waals surface area (Å²) < 4.78 is 5.47. The largest absolute Gasteiger partial charge is 0.501 e. The average Bonchev–Trinajstić information content (AvgIpc) is 2.48. The van der Waals surface area contributed by atoms with Crippen molar-refractivity contribution in [2.24, 2.45) is 17.7 Å². The van der Waals surface area contributed by atoms with Gasteiger partial charge < -0.3 is 4.74 Å². The van der Waals surface area contributed by atoms with Crippen LogP contribution in [-0.2, 0) is 4.74 Å². The van der Waals surface area contributed by atoms with Gasteiger partial charge in [-0.25, -0.2) is 0 Å². The molecule has 2 rings (SSSR count). The zero-order valence-electron chi connectivity index (χ0n) is 12.4. The minimum atomic E-state index is 0.340. The molecule has 110 valence electrons. The third kappa shape index (κ3) is 4.22. The lowest BCUT2D eigenvalue weighted by molar-refractivity contribution is 0.194. The number of nitrogens with two attached hydrogens (primary N) is 1. The Bertz CT molecular complexity index is 282. The molecule has 19 heavy (non-hydrogen) atoms. The summed E-state index contributed by atoms with van der Waals surface area (Å²) in [5.74, 6) is 7.47. The second-order valence-electron chi connectivity index (χ2n) is 6.23. The molecular weight excluding hydrogens is 236 g/mol. The zero-order valence-corrected chi connectivity index (χ0v) is 12.4. The second-order valence-corrected chi connectivity index (χ2v) is 6.23. The van der Waals surface area contributed by atoms with E-state index in [9.17, 15) is 0 Å². The summed E-state index contributed by atoms with van der Waals surface area (Å²) in [6.45, 7) is 3.15. The first-order chi connectivity index (χ1) is 9.35. The van der Waals surface area contributed by atoms with Crippen molar-refractivity contribution in [1.29, 1.82) is 0 Å². The lowest BCUT2D eigenvalue weighted by Gasteiger charge is -2.35. The number of nitrogens with one attached hydrogen (secondary N) is 1. The molecule has 0 radical (unpaired) electrons. The van der Waals surface area contributed by atoms with Gasteiger partial charge in [0.25, 0.3) is 0 Å². The Balaban J connectivity index is 1.82. The van der Waals surface area contributed by atoms with E-state index in [1.807, 2.05) is 6.26 Å². The maximum Gasteiger partial charge on any atom is 0.0876 e. The van der Waals surface area contributed by atoms with E-state index in [1.54, 1.807) is 0 Å². The maximum absolute atomic E-state index is 5.80. The molecule has 1 heterocycles. The molecule has 0 amide bonds. The van der Waals surface area contributed by atoms with E-state index in [0.717, 1.165) is 25.4 Å². The first kappa shape index (κ1) is 14.9. The molecule has 3 N–H and O–H groups in total. The number of rotatable bonds is 6. The van der Waals surface area contributed by atoms with Crippen molar-refractivity contribution >= 4 is 0 Å². The Kier molecular flexibility index (Phi) is 6.18. The molecule has 3 nitrogen and oxygen atoms in total. The summed E-state index contributed by atoms with van der Waals surface area (Å²) in [4.78, 5) is 0. The maximum atomic E-state index is 5.80. The fourth-order valence-corrected chi connectivity index (χ4v) is 3.66. The van der Waals surface area contributed by atoms with Crippen molar-refractivity contribution in [2.75, 3.05) is 6.61 Å². The Hall–Kier alpha value is -0.540. The van der Waals surface area contributed by atoms with E-state index < -0.39 is 0 Å². The van der Waals surface area contributed by atoms with Crippen LogP contribution in [0.15, 0.2) is 11.8 Å². The minimum Gasteiger partial charge on any atom is -0.501 e. The molecule has 1 atom stereocenters. The van der Waals surface area contributed by atoms with Gasteiger partial charge in [-0.1, -0.05) is 39.0 Å². The Morgan fingerprint density at radius 1 is 1.37 bits per heavy atom. The predicted octanol–water partition coefficient (Wildman–Crippen LogP) is 3.51. The summed E-state index contributed by atoms with van der Waals surface area (Å²) in [6, 6.07) is 0.340. The van der Waals surface area contributed by atoms with E-state index >= 15 is 0 Å². The Morgan fingerprint density at radius 2 is 2.16 bits per heavy atom. The molecule has 3 heteroatoms. The summed E-state index contributed by atoms with van der Waals surface area (Å²) in [5, 5.41) is 0. The summed E-state index contributed by atoms with van der Waals surface area (Å²) in [5.41, 5.74) is 4.43. The Labute approximate surface area is 117 Å². The van der Waals surface area contributed by atoms with Crippen LogP contribution >= 0.6 is 0 Å². The van der Waals surface area contributed by atoms with Gasteiger partial charge in [0.1, 0.15) is 0 Å². The number of hydrogen-bond acceptors (Lipinski definition) is 3. The van der Waals surface area contributed by atoms with Gasteiger partial charge in [0.05, 0.1) is 12.9 Å². The number of hydrazine groups is 1. The van der Waals surface area contributed by atoms with Crippen molar-refractivity contribution in [1.82, 2.24) is 5.43 Å². The van der Waals surface area contributed by atoms with E-state index in [0.29, 0.717) is 12.0 Å². The smallest absolute Gasteiger partial charge is 0.0876 e. The average molecular weight is 266 g/mol. The van der Waals surface area contributed by atoms with Crippen LogP contribution in [-0.4, -0.2) is 12.6 Å². The first-order valence-electron chi connectivity index (χ1n) is 8.11. The first-order valence-corrected chi connectivity index (χ1v) is 8.11. The highest BCUT2D eigenvalue weighted by molar-refractivity contribution is 5.11. The molecule has 1 aliphatic carbocycles. The van der Waals surface area contributed by atoms with Gasteiger partial charge in [-0.3, -0.25) is 11.3 Å². The van der Waals surface area contributed by atoms with Gasteiger partial charge in [0.2, 0.25) is 0 Å². The third-order valence-electron chi connectivity index (χ3n) is 4.87. The van der Waals surface area contributed by atoms with Crippen LogP contribution in [0.2, 0.25) is 0 Å². The monoisotopic (exact) mass is 266 g/mol. The third-order valence-corrected chi connectivity index (χ3v) is 4.87. The molecule has 0 bridgehead atoms. The minimum absolute atomic E-state index is 0.340. The van der Waals surface area contributed by atoms with Gasteiger partial charge in [0, 0.05) is 6.04 Å². The van der Waals surface area contributed by atoms with Gasteiger partial charge in [0.15, 0.2) is 0 Å². The molecule has 1 aliphatic heterocycles. The molecule has 2 aliphatic rings. The van der Waals surface area contributed by atoms with Gasteiger partial charge in [-0.15, -0.1) is 0 Å². The number of hydrogen-bond donors (Lipinski definition) is 2. The van der Waals surface area contributed by atoms with Crippen molar-refractivity contribution in [3.05, 3.63) is 11.8 Å². The molecule has 0 spiro atoms. The molecule has 1 fully saturated rings. The molecule has 0 saturated heterocycles. The molecular formula is C16H30N2O. The topological polar surface area (TPSA) is 47.3 Å². The van der Waals surface area contributed by atoms with E-state index in [2.05, 4.69) is 12.3 Å². The highest BCUT2D eigenvalue weighted by atomic mass is 16.5. The van der Waals surface area contributed by atoms with Crippen LogP contribution in [0.25, 0.3) is 0 Å². The fraction of sp³-hybridized carbons (Fsp3) is 0.875. The molecule has 0 aromatic rings. The van der Waals surface area contributed by atoms with Crippen molar-refractivity contribution in [3.63, 3.8) is 0 Å². The van der Waals surface area contributed by atoms with Crippen molar-refractivity contribution in [3.8, 4) is 0 Å². The van der Waals surface area contributed by atoms with Gasteiger partial charge in [-0.2, -0.15) is 0 Å². The van der Waals surface area contributed by atoms with E-state index in [1.165, 1.54) is 50.5 Å². The van der Waals surface area contributed by atoms with Crippen molar-refractivity contribution in [2.45, 2.75) is 70.8 Å². The van der Waals surface area contributed by atoms with E-state index in [4.69, 9.17) is 10.6 Å². The van der Waals surface area contributed by atoms with E-state index in [-0.39, 0.29) is 0 Å². The lowest BCUT2D eigenvalue weighted by Crippen LogP contribution is -2.44. The van der Waals surface area contributed by atoms with Crippen LogP contribution in [0.3, 0.4) is 0 Å². The normalized spacial score (nSPS) is 29.5. The fourth-order valence-electron chi connectivity index (χ4n) is 3.66. The highest BCUT2D eigenvalue weighted by Gasteiger charge is 2.29. The second kappa shape index (κ2) is 7.91. The molecule has 0 aromatic heterocycles. The van der Waals surface area contributed by atoms with Crippen LogP contribution in [0.1, 0.15) is 64.7 Å². The van der Waals surface area contributed by atoms with Crippen LogP contribution in [0.5, 0.6) is 0 Å². The van der Waals surface area contributed by atoms with Gasteiger partial charge in [-0.05, 0) is 43.1 Å². The quantitative estimate of drug-likeness (QED) is 0.571. The lowest BCUT2D eigenvalue weighted by atomic mass is 9.75. The van der Waals surface area contributed by atoms with Crippen LogP contribution in [0.4, 0.5) is 0 Å². The number of unbranched alkanes of at least 4 members (excludes halogenated alkanes) is 1. The molecule has 1 unspecified atom stereocenters. The highest BCUT2D eigenvalue weighted by Crippen LogP contribution is 2.36. The van der Waals surface area contributed by atoms with Gasteiger partial charge >= 0.3 is 0 Å². The molecule has 1 saturated carbocycles.